The van der Waals surface area contributed by atoms with E-state index < -0.39 is 15.7 Å². The molecule has 0 atom stereocenters. The zero-order chi connectivity index (χ0) is 17.9. The van der Waals surface area contributed by atoms with Crippen molar-refractivity contribution in [3.63, 3.8) is 0 Å². The average Bonchev–Trinajstić information content (AvgIpc) is 2.36. The molecule has 0 aromatic heterocycles. The van der Waals surface area contributed by atoms with E-state index in [4.69, 9.17) is 13.7 Å². The van der Waals surface area contributed by atoms with Crippen LogP contribution in [0.1, 0.15) is 26.3 Å². The van der Waals surface area contributed by atoms with Crippen LogP contribution in [0.25, 0.3) is 0 Å². The predicted octanol–water partition coefficient (Wildman–Crippen LogP) is 5.86. The fraction of sp³-hybridized carbons (Fsp3) is 0.625. The zero-order valence-corrected chi connectivity index (χ0v) is 18.6. The molecule has 0 heterocycles. The smallest absolute Gasteiger partial charge is 0.200 e. The van der Waals surface area contributed by atoms with Crippen molar-refractivity contribution in [3.05, 3.63) is 28.2 Å². The molecule has 0 saturated carbocycles. The second-order valence-corrected chi connectivity index (χ2v) is 15.9. The predicted molar refractivity (Wildman–Crippen MR) is 102 cm³/mol. The van der Waals surface area contributed by atoms with Crippen molar-refractivity contribution in [3.8, 4) is 5.75 Å². The molecule has 0 aliphatic carbocycles. The molecule has 4 nitrogen and oxygen atoms in total. The molecule has 0 bridgehead atoms. The first-order valence-electron chi connectivity index (χ1n) is 7.56. The van der Waals surface area contributed by atoms with Crippen molar-refractivity contribution < 1.29 is 18.3 Å². The molecule has 1 rings (SSSR count). The Kier molecular flexibility index (Phi) is 7.12. The first-order valence-corrected chi connectivity index (χ1v) is 13.8. The number of hydrogen-bond donors (Lipinski definition) is 0. The maximum absolute atomic E-state index is 11.6. The molecule has 0 saturated heterocycles. The number of ether oxygens (including phenoxy) is 1. The van der Waals surface area contributed by atoms with Gasteiger partial charge in [0.05, 0.1) is 6.61 Å². The van der Waals surface area contributed by atoms with Crippen molar-refractivity contribution >= 4 is 31.6 Å². The number of hydrogen-bond acceptors (Lipinski definition) is 4. The van der Waals surface area contributed by atoms with E-state index in [9.17, 15) is 4.57 Å². The highest BCUT2D eigenvalue weighted by Crippen LogP contribution is 2.39. The summed E-state index contributed by atoms with van der Waals surface area (Å²) in [6.07, 6.45) is 0. The van der Waals surface area contributed by atoms with Gasteiger partial charge in [-0.15, -0.1) is 0 Å². The standard InChI is InChI=1S/C16H28BrO4PSi/c1-16(2,3)23(6,7)21-11-13-10-14(17)8-9-15(13)19-12-20-22(4,5)18/h8-10H,11-12H2,1-7H3. The quantitative estimate of drug-likeness (QED) is 0.313. The van der Waals surface area contributed by atoms with Crippen LogP contribution >= 0.6 is 23.3 Å². The topological polar surface area (TPSA) is 44.8 Å². The van der Waals surface area contributed by atoms with E-state index in [1.807, 2.05) is 18.2 Å². The first kappa shape index (κ1) is 20.9. The van der Waals surface area contributed by atoms with Gasteiger partial charge in [0.25, 0.3) is 0 Å². The van der Waals surface area contributed by atoms with Gasteiger partial charge in [0.1, 0.15) is 5.75 Å². The monoisotopic (exact) mass is 422 g/mol. The van der Waals surface area contributed by atoms with Crippen LogP contribution in [-0.2, 0) is 20.1 Å². The lowest BCUT2D eigenvalue weighted by molar-refractivity contribution is 0.121. The van der Waals surface area contributed by atoms with E-state index in [0.29, 0.717) is 12.4 Å². The maximum Gasteiger partial charge on any atom is 0.200 e. The molecule has 0 radical (unpaired) electrons. The minimum atomic E-state index is -2.55. The second kappa shape index (κ2) is 7.83. The highest BCUT2D eigenvalue weighted by molar-refractivity contribution is 9.10. The Morgan fingerprint density at radius 2 is 1.83 bits per heavy atom. The van der Waals surface area contributed by atoms with Gasteiger partial charge in [-0.25, -0.2) is 0 Å². The van der Waals surface area contributed by atoms with Gasteiger partial charge < -0.3 is 9.16 Å². The van der Waals surface area contributed by atoms with Crippen LogP contribution in [0.2, 0.25) is 18.1 Å². The molecule has 0 fully saturated rings. The summed E-state index contributed by atoms with van der Waals surface area (Å²) in [4.78, 5) is 0. The van der Waals surface area contributed by atoms with Gasteiger partial charge in [0, 0.05) is 23.4 Å². The lowest BCUT2D eigenvalue weighted by Crippen LogP contribution is -2.40. The van der Waals surface area contributed by atoms with E-state index in [1.54, 1.807) is 13.3 Å². The number of halogens is 1. The summed E-state index contributed by atoms with van der Waals surface area (Å²) in [5, 5.41) is 0.153. The van der Waals surface area contributed by atoms with Crippen LogP contribution < -0.4 is 4.74 Å². The molecule has 0 unspecified atom stereocenters. The molecule has 1 aromatic carbocycles. The molecular weight excluding hydrogens is 395 g/mol. The van der Waals surface area contributed by atoms with Crippen LogP contribution in [0, 0.1) is 0 Å². The van der Waals surface area contributed by atoms with Gasteiger partial charge in [-0.05, 0) is 36.3 Å². The van der Waals surface area contributed by atoms with Crippen molar-refractivity contribution in [2.24, 2.45) is 0 Å². The largest absolute Gasteiger partial charge is 0.467 e. The third-order valence-corrected chi connectivity index (χ3v) is 9.69. The summed E-state index contributed by atoms with van der Waals surface area (Å²) in [5.41, 5.74) is 0.954. The Morgan fingerprint density at radius 3 is 2.35 bits per heavy atom. The van der Waals surface area contributed by atoms with E-state index >= 15 is 0 Å². The summed E-state index contributed by atoms with van der Waals surface area (Å²) in [6, 6.07) is 5.76. The summed E-state index contributed by atoms with van der Waals surface area (Å²) in [7, 11) is -4.39. The Hall–Kier alpha value is -0.133. The third-order valence-electron chi connectivity index (χ3n) is 4.00. The van der Waals surface area contributed by atoms with E-state index in [0.717, 1.165) is 10.0 Å². The minimum Gasteiger partial charge on any atom is -0.467 e. The molecule has 0 amide bonds. The Bertz CT molecular complexity index is 578. The Morgan fingerprint density at radius 1 is 1.22 bits per heavy atom. The molecule has 132 valence electrons. The Labute approximate surface area is 149 Å². The molecule has 0 spiro atoms. The van der Waals surface area contributed by atoms with Gasteiger partial charge in [-0.1, -0.05) is 36.7 Å². The van der Waals surface area contributed by atoms with Crippen molar-refractivity contribution in [1.82, 2.24) is 0 Å². The molecule has 0 aliphatic rings. The van der Waals surface area contributed by atoms with E-state index in [-0.39, 0.29) is 11.8 Å². The molecule has 0 N–H and O–H groups in total. The van der Waals surface area contributed by atoms with Gasteiger partial charge in [0.15, 0.2) is 22.5 Å². The van der Waals surface area contributed by atoms with Crippen LogP contribution in [0.15, 0.2) is 22.7 Å². The fourth-order valence-corrected chi connectivity index (χ4v) is 3.16. The van der Waals surface area contributed by atoms with Gasteiger partial charge in [-0.2, -0.15) is 0 Å². The summed E-state index contributed by atoms with van der Waals surface area (Å²) in [6.45, 7) is 14.7. The molecule has 1 aromatic rings. The first-order chi connectivity index (χ1) is 10.3. The van der Waals surface area contributed by atoms with Crippen LogP contribution in [0.3, 0.4) is 0 Å². The van der Waals surface area contributed by atoms with Gasteiger partial charge in [0.2, 0.25) is 0 Å². The fourth-order valence-electron chi connectivity index (χ4n) is 1.49. The van der Waals surface area contributed by atoms with Gasteiger partial charge >= 0.3 is 0 Å². The molecule has 7 heteroatoms. The molecule has 23 heavy (non-hydrogen) atoms. The third kappa shape index (κ3) is 7.10. The molecular formula is C16H28BrO4PSi. The van der Waals surface area contributed by atoms with Gasteiger partial charge in [-0.3, -0.25) is 9.09 Å². The SMILES string of the molecule is CC(C)(C)[Si](C)(C)OCc1cc(Br)ccc1OCOP(C)(C)=O. The van der Waals surface area contributed by atoms with E-state index in [1.165, 1.54) is 0 Å². The van der Waals surface area contributed by atoms with Crippen LogP contribution in [0.5, 0.6) is 5.75 Å². The summed E-state index contributed by atoms with van der Waals surface area (Å²) in [5.74, 6) is 0.695. The summed E-state index contributed by atoms with van der Waals surface area (Å²) >= 11 is 3.48. The van der Waals surface area contributed by atoms with Crippen molar-refractivity contribution in [1.29, 1.82) is 0 Å². The maximum atomic E-state index is 11.6. The minimum absolute atomic E-state index is 0.0288. The summed E-state index contributed by atoms with van der Waals surface area (Å²) < 4.78 is 29.7. The normalized spacial score (nSPS) is 13.2. The highest BCUT2D eigenvalue weighted by atomic mass is 79.9. The van der Waals surface area contributed by atoms with E-state index in [2.05, 4.69) is 49.8 Å². The van der Waals surface area contributed by atoms with Crippen LogP contribution in [-0.4, -0.2) is 28.4 Å². The van der Waals surface area contributed by atoms with Crippen LogP contribution in [0.4, 0.5) is 0 Å². The number of benzene rings is 1. The second-order valence-electron chi connectivity index (χ2n) is 7.44. The zero-order valence-electron chi connectivity index (χ0n) is 15.1. The molecule has 0 aliphatic heterocycles. The lowest BCUT2D eigenvalue weighted by atomic mass is 10.2. The number of rotatable bonds is 7. The van der Waals surface area contributed by atoms with Crippen molar-refractivity contribution in [2.75, 3.05) is 20.1 Å². The van der Waals surface area contributed by atoms with Crippen molar-refractivity contribution in [2.45, 2.75) is 45.5 Å². The average molecular weight is 423 g/mol. The highest BCUT2D eigenvalue weighted by Gasteiger charge is 2.37. The Balaban J connectivity index is 2.81. The lowest BCUT2D eigenvalue weighted by Gasteiger charge is -2.36.